The van der Waals surface area contributed by atoms with Crippen LogP contribution in [-0.4, -0.2) is 42.1 Å². The van der Waals surface area contributed by atoms with Gasteiger partial charge in [0.15, 0.2) is 6.10 Å². The molecular formula is C25H29NO5. The SMILES string of the molecule is CCOC(Cc1ccc(OCCn2c(C)ccc2-c2cccc(OC)c2)cc1)C(=O)O. The first-order valence-electron chi connectivity index (χ1n) is 10.4. The van der Waals surface area contributed by atoms with E-state index in [2.05, 4.69) is 29.7 Å². The van der Waals surface area contributed by atoms with E-state index in [9.17, 15) is 9.90 Å². The fourth-order valence-corrected chi connectivity index (χ4v) is 3.51. The van der Waals surface area contributed by atoms with Crippen LogP contribution in [0.1, 0.15) is 18.2 Å². The molecule has 3 aromatic rings. The van der Waals surface area contributed by atoms with Gasteiger partial charge in [0.2, 0.25) is 0 Å². The number of methoxy groups -OCH3 is 1. The molecule has 3 rings (SSSR count). The fraction of sp³-hybridized carbons (Fsp3) is 0.320. The van der Waals surface area contributed by atoms with E-state index in [1.807, 2.05) is 42.5 Å². The van der Waals surface area contributed by atoms with Crippen molar-refractivity contribution >= 4 is 5.97 Å². The van der Waals surface area contributed by atoms with Crippen LogP contribution in [0.3, 0.4) is 0 Å². The lowest BCUT2D eigenvalue weighted by molar-refractivity contribution is -0.149. The molecule has 1 unspecified atom stereocenters. The quantitative estimate of drug-likeness (QED) is 0.489. The third kappa shape index (κ3) is 5.89. The van der Waals surface area contributed by atoms with Crippen LogP contribution in [0.15, 0.2) is 60.7 Å². The maximum absolute atomic E-state index is 11.2. The van der Waals surface area contributed by atoms with Crippen LogP contribution in [-0.2, 0) is 22.5 Å². The summed E-state index contributed by atoms with van der Waals surface area (Å²) in [6, 6.07) is 19.7. The second-order valence-corrected chi connectivity index (χ2v) is 7.22. The Morgan fingerprint density at radius 3 is 2.52 bits per heavy atom. The lowest BCUT2D eigenvalue weighted by Gasteiger charge is -2.14. The molecule has 0 radical (unpaired) electrons. The molecule has 164 valence electrons. The minimum Gasteiger partial charge on any atom is -0.497 e. The maximum Gasteiger partial charge on any atom is 0.333 e. The van der Waals surface area contributed by atoms with E-state index in [4.69, 9.17) is 14.2 Å². The smallest absolute Gasteiger partial charge is 0.333 e. The zero-order chi connectivity index (χ0) is 22.2. The normalized spacial score (nSPS) is 11.8. The van der Waals surface area contributed by atoms with Gasteiger partial charge in [0, 0.05) is 30.0 Å². The van der Waals surface area contributed by atoms with E-state index >= 15 is 0 Å². The van der Waals surface area contributed by atoms with Crippen LogP contribution < -0.4 is 9.47 Å². The summed E-state index contributed by atoms with van der Waals surface area (Å²) in [5.41, 5.74) is 4.27. The molecule has 1 atom stereocenters. The van der Waals surface area contributed by atoms with Crippen LogP contribution in [0.2, 0.25) is 0 Å². The highest BCUT2D eigenvalue weighted by atomic mass is 16.5. The second-order valence-electron chi connectivity index (χ2n) is 7.22. The van der Waals surface area contributed by atoms with Crippen LogP contribution in [0.4, 0.5) is 0 Å². The van der Waals surface area contributed by atoms with Crippen molar-refractivity contribution in [2.75, 3.05) is 20.3 Å². The molecule has 1 N–H and O–H groups in total. The number of nitrogens with zero attached hydrogens (tertiary/aromatic N) is 1. The van der Waals surface area contributed by atoms with Gasteiger partial charge in [-0.15, -0.1) is 0 Å². The number of carbonyl (C=O) groups is 1. The molecular weight excluding hydrogens is 394 g/mol. The molecule has 6 nitrogen and oxygen atoms in total. The van der Waals surface area contributed by atoms with Gasteiger partial charge in [0.1, 0.15) is 18.1 Å². The van der Waals surface area contributed by atoms with E-state index < -0.39 is 12.1 Å². The van der Waals surface area contributed by atoms with Crippen molar-refractivity contribution < 1.29 is 24.1 Å². The molecule has 6 heteroatoms. The first kappa shape index (κ1) is 22.4. The summed E-state index contributed by atoms with van der Waals surface area (Å²) in [6.07, 6.45) is -0.501. The van der Waals surface area contributed by atoms with E-state index in [-0.39, 0.29) is 0 Å². The predicted molar refractivity (Wildman–Crippen MR) is 120 cm³/mol. The van der Waals surface area contributed by atoms with Crippen molar-refractivity contribution in [3.8, 4) is 22.8 Å². The first-order chi connectivity index (χ1) is 15.0. The largest absolute Gasteiger partial charge is 0.497 e. The summed E-state index contributed by atoms with van der Waals surface area (Å²) in [5.74, 6) is 0.629. The summed E-state index contributed by atoms with van der Waals surface area (Å²) >= 11 is 0. The minimum absolute atomic E-state index is 0.329. The van der Waals surface area contributed by atoms with Crippen LogP contribution >= 0.6 is 0 Å². The molecule has 0 saturated carbocycles. The van der Waals surface area contributed by atoms with Crippen molar-refractivity contribution in [3.63, 3.8) is 0 Å². The van der Waals surface area contributed by atoms with Crippen molar-refractivity contribution in [2.24, 2.45) is 0 Å². The Balaban J connectivity index is 1.61. The molecule has 2 aromatic carbocycles. The van der Waals surface area contributed by atoms with Crippen LogP contribution in [0.5, 0.6) is 11.5 Å². The Bertz CT molecular complexity index is 993. The number of aromatic nitrogens is 1. The Morgan fingerprint density at radius 2 is 1.84 bits per heavy atom. The highest BCUT2D eigenvalue weighted by molar-refractivity contribution is 5.72. The average molecular weight is 424 g/mol. The Hall–Kier alpha value is -3.25. The monoisotopic (exact) mass is 423 g/mol. The molecule has 1 heterocycles. The van der Waals surface area contributed by atoms with E-state index in [1.54, 1.807) is 14.0 Å². The number of carboxylic acid groups (broad SMARTS) is 1. The topological polar surface area (TPSA) is 69.9 Å². The zero-order valence-electron chi connectivity index (χ0n) is 18.2. The minimum atomic E-state index is -0.948. The lowest BCUT2D eigenvalue weighted by Crippen LogP contribution is -2.26. The van der Waals surface area contributed by atoms with E-state index in [0.29, 0.717) is 26.2 Å². The van der Waals surface area contributed by atoms with Gasteiger partial charge in [-0.1, -0.05) is 24.3 Å². The molecule has 0 aliphatic rings. The van der Waals surface area contributed by atoms with Gasteiger partial charge >= 0.3 is 5.97 Å². The number of hydrogen-bond acceptors (Lipinski definition) is 4. The molecule has 0 aliphatic heterocycles. The Kier molecular flexibility index (Phi) is 7.73. The molecule has 0 amide bonds. The summed E-state index contributed by atoms with van der Waals surface area (Å²) < 4.78 is 18.8. The third-order valence-corrected chi connectivity index (χ3v) is 5.14. The van der Waals surface area contributed by atoms with Crippen molar-refractivity contribution in [1.82, 2.24) is 4.57 Å². The van der Waals surface area contributed by atoms with Gasteiger partial charge < -0.3 is 23.9 Å². The Labute approximate surface area is 183 Å². The number of carboxylic acids is 1. The van der Waals surface area contributed by atoms with Gasteiger partial charge in [-0.05, 0) is 55.8 Å². The zero-order valence-corrected chi connectivity index (χ0v) is 18.2. The average Bonchev–Trinajstić information content (AvgIpc) is 3.15. The third-order valence-electron chi connectivity index (χ3n) is 5.14. The summed E-state index contributed by atoms with van der Waals surface area (Å²) in [5, 5.41) is 9.22. The van der Waals surface area contributed by atoms with Crippen molar-refractivity contribution in [3.05, 3.63) is 71.9 Å². The number of ether oxygens (including phenoxy) is 3. The standard InChI is InChI=1S/C25H29NO5/c1-4-30-24(25(27)28)16-19-9-11-21(12-10-19)31-15-14-26-18(2)8-13-23(26)20-6-5-7-22(17-20)29-3/h5-13,17,24H,4,14-16H2,1-3H3,(H,27,28). The molecule has 0 spiro atoms. The number of aliphatic carboxylic acids is 1. The summed E-state index contributed by atoms with van der Waals surface area (Å²) in [7, 11) is 1.67. The van der Waals surface area contributed by atoms with Crippen molar-refractivity contribution in [1.29, 1.82) is 0 Å². The van der Waals surface area contributed by atoms with Crippen LogP contribution in [0, 0.1) is 6.92 Å². The van der Waals surface area contributed by atoms with Gasteiger partial charge in [-0.3, -0.25) is 0 Å². The van der Waals surface area contributed by atoms with Crippen LogP contribution in [0.25, 0.3) is 11.3 Å². The maximum atomic E-state index is 11.2. The van der Waals surface area contributed by atoms with Gasteiger partial charge in [0.25, 0.3) is 0 Å². The molecule has 0 aliphatic carbocycles. The number of benzene rings is 2. The highest BCUT2D eigenvalue weighted by Gasteiger charge is 2.17. The highest BCUT2D eigenvalue weighted by Crippen LogP contribution is 2.26. The summed E-state index contributed by atoms with van der Waals surface area (Å²) in [6.45, 7) is 5.46. The predicted octanol–water partition coefficient (Wildman–Crippen LogP) is 4.58. The number of hydrogen-bond donors (Lipinski definition) is 1. The molecule has 0 saturated heterocycles. The van der Waals surface area contributed by atoms with Gasteiger partial charge in [0.05, 0.1) is 13.7 Å². The molecule has 0 bridgehead atoms. The summed E-state index contributed by atoms with van der Waals surface area (Å²) in [4.78, 5) is 11.2. The second kappa shape index (κ2) is 10.7. The van der Waals surface area contributed by atoms with E-state index in [0.717, 1.165) is 34.0 Å². The lowest BCUT2D eigenvalue weighted by atomic mass is 10.1. The molecule has 31 heavy (non-hydrogen) atoms. The van der Waals surface area contributed by atoms with Gasteiger partial charge in [-0.25, -0.2) is 4.79 Å². The number of aryl methyl sites for hydroxylation is 1. The van der Waals surface area contributed by atoms with Gasteiger partial charge in [-0.2, -0.15) is 0 Å². The fourth-order valence-electron chi connectivity index (χ4n) is 3.51. The Morgan fingerprint density at radius 1 is 1.06 bits per heavy atom. The first-order valence-corrected chi connectivity index (χ1v) is 10.4. The molecule has 0 fully saturated rings. The molecule has 1 aromatic heterocycles. The van der Waals surface area contributed by atoms with E-state index in [1.165, 1.54) is 0 Å². The number of rotatable bonds is 11. The van der Waals surface area contributed by atoms with Crippen molar-refractivity contribution in [2.45, 2.75) is 32.9 Å².